The average Bonchev–Trinajstić information content (AvgIpc) is 2.55. The van der Waals surface area contributed by atoms with Crippen molar-refractivity contribution in [3.8, 4) is 11.5 Å². The van der Waals surface area contributed by atoms with E-state index in [0.717, 1.165) is 0 Å². The molecule has 0 unspecified atom stereocenters. The summed E-state index contributed by atoms with van der Waals surface area (Å²) in [5, 5.41) is 3.66. The molecule has 5 heteroatoms. The number of imidazole rings is 1. The lowest BCUT2D eigenvalue weighted by Crippen LogP contribution is -1.78. The first-order valence-corrected chi connectivity index (χ1v) is 3.08. The van der Waals surface area contributed by atoms with Crippen LogP contribution in [0.2, 0.25) is 0 Å². The fraction of sp³-hybridized carbons (Fsp3) is 0. The number of hydrogen-bond donors (Lipinski definition) is 2. The van der Waals surface area contributed by atoms with Gasteiger partial charge in [-0.1, -0.05) is 5.16 Å². The smallest absolute Gasteiger partial charge is 0.222 e. The van der Waals surface area contributed by atoms with E-state index in [2.05, 4.69) is 19.6 Å². The number of anilines is 1. The maximum atomic E-state index is 5.31. The van der Waals surface area contributed by atoms with Gasteiger partial charge in [0.1, 0.15) is 0 Å². The number of rotatable bonds is 1. The highest BCUT2D eigenvalue weighted by atomic mass is 16.5. The monoisotopic (exact) mass is 150 g/mol. The summed E-state index contributed by atoms with van der Waals surface area (Å²) >= 11 is 0. The Morgan fingerprint density at radius 3 is 3.00 bits per heavy atom. The molecule has 0 aliphatic rings. The molecule has 0 radical (unpaired) electrons. The third-order valence-corrected chi connectivity index (χ3v) is 1.27. The fourth-order valence-corrected chi connectivity index (χ4v) is 0.806. The molecule has 0 bridgehead atoms. The molecule has 0 amide bonds. The van der Waals surface area contributed by atoms with E-state index in [1.165, 1.54) is 0 Å². The number of nitrogen functional groups attached to an aromatic ring is 1. The molecule has 2 aromatic rings. The summed E-state index contributed by atoms with van der Waals surface area (Å²) < 4.78 is 4.66. The molecule has 2 rings (SSSR count). The Bertz CT molecular complexity index is 337. The molecule has 56 valence electrons. The van der Waals surface area contributed by atoms with Gasteiger partial charge in [0.15, 0.2) is 11.5 Å². The van der Waals surface area contributed by atoms with Gasteiger partial charge in [-0.2, -0.15) is 0 Å². The number of H-pyrrole nitrogens is 1. The Morgan fingerprint density at radius 2 is 2.45 bits per heavy atom. The lowest BCUT2D eigenvalue weighted by atomic mass is 10.4. The van der Waals surface area contributed by atoms with Gasteiger partial charge in [-0.25, -0.2) is 4.98 Å². The molecule has 0 saturated carbocycles. The lowest BCUT2D eigenvalue weighted by molar-refractivity contribution is 0.439. The molecule has 2 aromatic heterocycles. The Balaban J connectivity index is 2.45. The van der Waals surface area contributed by atoms with Gasteiger partial charge in [-0.15, -0.1) is 0 Å². The van der Waals surface area contributed by atoms with E-state index >= 15 is 0 Å². The van der Waals surface area contributed by atoms with Crippen molar-refractivity contribution < 1.29 is 4.52 Å². The summed E-state index contributed by atoms with van der Waals surface area (Å²) in [5.74, 6) is 0.946. The Hall–Kier alpha value is -1.78. The van der Waals surface area contributed by atoms with Crippen molar-refractivity contribution >= 4 is 5.88 Å². The van der Waals surface area contributed by atoms with Gasteiger partial charge < -0.3 is 15.2 Å². The van der Waals surface area contributed by atoms with E-state index in [1.807, 2.05) is 0 Å². The normalized spacial score (nSPS) is 10.2. The molecule has 0 aliphatic carbocycles. The fourth-order valence-electron chi connectivity index (χ4n) is 0.806. The first-order valence-electron chi connectivity index (χ1n) is 3.08. The van der Waals surface area contributed by atoms with Crippen molar-refractivity contribution in [2.45, 2.75) is 0 Å². The molecule has 2 heterocycles. The SMILES string of the molecule is Nc1cc(-c2ncc[nH]2)no1. The van der Waals surface area contributed by atoms with Crippen molar-refractivity contribution in [3.05, 3.63) is 18.5 Å². The summed E-state index contributed by atoms with van der Waals surface area (Å²) in [6, 6.07) is 1.61. The minimum Gasteiger partial charge on any atom is -0.368 e. The van der Waals surface area contributed by atoms with Crippen molar-refractivity contribution in [2.75, 3.05) is 5.73 Å². The molecule has 0 atom stereocenters. The van der Waals surface area contributed by atoms with Gasteiger partial charge in [0, 0.05) is 18.5 Å². The zero-order valence-corrected chi connectivity index (χ0v) is 5.61. The van der Waals surface area contributed by atoms with Crippen LogP contribution in [0.1, 0.15) is 0 Å². The van der Waals surface area contributed by atoms with E-state index in [4.69, 9.17) is 5.73 Å². The van der Waals surface area contributed by atoms with Crippen LogP contribution in [0.4, 0.5) is 5.88 Å². The summed E-state index contributed by atoms with van der Waals surface area (Å²) in [7, 11) is 0. The summed E-state index contributed by atoms with van der Waals surface area (Å²) in [6.45, 7) is 0. The second-order valence-electron chi connectivity index (χ2n) is 2.05. The van der Waals surface area contributed by atoms with E-state index in [9.17, 15) is 0 Å². The quantitative estimate of drug-likeness (QED) is 0.625. The van der Waals surface area contributed by atoms with Gasteiger partial charge >= 0.3 is 0 Å². The second kappa shape index (κ2) is 2.12. The molecule has 0 aliphatic heterocycles. The van der Waals surface area contributed by atoms with Crippen LogP contribution >= 0.6 is 0 Å². The van der Waals surface area contributed by atoms with E-state index < -0.39 is 0 Å². The molecule has 5 nitrogen and oxygen atoms in total. The molecule has 0 spiro atoms. The van der Waals surface area contributed by atoms with Crippen LogP contribution in [0.15, 0.2) is 23.0 Å². The van der Waals surface area contributed by atoms with Crippen molar-refractivity contribution in [1.82, 2.24) is 15.1 Å². The molecule has 0 aromatic carbocycles. The van der Waals surface area contributed by atoms with E-state index in [0.29, 0.717) is 11.5 Å². The highest BCUT2D eigenvalue weighted by molar-refractivity contribution is 5.51. The number of aromatic amines is 1. The van der Waals surface area contributed by atoms with Gasteiger partial charge in [-0.05, 0) is 0 Å². The van der Waals surface area contributed by atoms with E-state index in [1.54, 1.807) is 18.5 Å². The number of nitrogens with one attached hydrogen (secondary N) is 1. The van der Waals surface area contributed by atoms with Gasteiger partial charge in [-0.3, -0.25) is 0 Å². The highest BCUT2D eigenvalue weighted by Gasteiger charge is 2.04. The van der Waals surface area contributed by atoms with E-state index in [-0.39, 0.29) is 5.88 Å². The number of nitrogens with zero attached hydrogens (tertiary/aromatic N) is 2. The second-order valence-corrected chi connectivity index (χ2v) is 2.05. The first kappa shape index (κ1) is 5.96. The summed E-state index contributed by atoms with van der Waals surface area (Å²) in [4.78, 5) is 6.84. The molecule has 11 heavy (non-hydrogen) atoms. The molecular formula is C6H6N4O. The minimum absolute atomic E-state index is 0.288. The first-order chi connectivity index (χ1) is 5.36. The standard InChI is InChI=1S/C6H6N4O/c7-5-3-4(10-11-5)6-8-1-2-9-6/h1-3H,7H2,(H,8,9). The van der Waals surface area contributed by atoms with Crippen LogP contribution in [0.3, 0.4) is 0 Å². The lowest BCUT2D eigenvalue weighted by Gasteiger charge is -1.82. The zero-order chi connectivity index (χ0) is 7.68. The van der Waals surface area contributed by atoms with Crippen LogP contribution in [0, 0.1) is 0 Å². The average molecular weight is 150 g/mol. The maximum Gasteiger partial charge on any atom is 0.222 e. The third kappa shape index (κ3) is 0.958. The number of nitrogens with two attached hydrogens (primary N) is 1. The van der Waals surface area contributed by atoms with Crippen molar-refractivity contribution in [3.63, 3.8) is 0 Å². The molecular weight excluding hydrogens is 144 g/mol. The highest BCUT2D eigenvalue weighted by Crippen LogP contribution is 2.14. The largest absolute Gasteiger partial charge is 0.368 e. The predicted octanol–water partition coefficient (Wildman–Crippen LogP) is 0.647. The Labute approximate surface area is 62.2 Å². The van der Waals surface area contributed by atoms with Gasteiger partial charge in [0.2, 0.25) is 5.88 Å². The van der Waals surface area contributed by atoms with Crippen LogP contribution in [0.5, 0.6) is 0 Å². The van der Waals surface area contributed by atoms with Crippen LogP contribution in [-0.4, -0.2) is 15.1 Å². The van der Waals surface area contributed by atoms with Crippen LogP contribution < -0.4 is 5.73 Å². The zero-order valence-electron chi connectivity index (χ0n) is 5.61. The number of hydrogen-bond acceptors (Lipinski definition) is 4. The summed E-state index contributed by atoms with van der Waals surface area (Å²) in [5.41, 5.74) is 5.93. The molecule has 3 N–H and O–H groups in total. The molecule has 0 fully saturated rings. The van der Waals surface area contributed by atoms with Crippen LogP contribution in [0.25, 0.3) is 11.5 Å². The van der Waals surface area contributed by atoms with Crippen LogP contribution in [-0.2, 0) is 0 Å². The number of aromatic nitrogens is 3. The topological polar surface area (TPSA) is 80.7 Å². The minimum atomic E-state index is 0.288. The summed E-state index contributed by atoms with van der Waals surface area (Å²) in [6.07, 6.45) is 3.35. The third-order valence-electron chi connectivity index (χ3n) is 1.27. The van der Waals surface area contributed by atoms with Crippen molar-refractivity contribution in [1.29, 1.82) is 0 Å². The Kier molecular flexibility index (Phi) is 1.15. The Morgan fingerprint density at radius 1 is 1.55 bits per heavy atom. The van der Waals surface area contributed by atoms with Crippen molar-refractivity contribution in [2.24, 2.45) is 0 Å². The molecule has 0 saturated heterocycles. The predicted molar refractivity (Wildman–Crippen MR) is 38.5 cm³/mol. The van der Waals surface area contributed by atoms with Gasteiger partial charge in [0.05, 0.1) is 0 Å². The maximum absolute atomic E-state index is 5.31. The van der Waals surface area contributed by atoms with Gasteiger partial charge in [0.25, 0.3) is 0 Å².